The third kappa shape index (κ3) is 7.27. The molecule has 0 aliphatic rings. The van der Waals surface area contributed by atoms with Crippen molar-refractivity contribution < 1.29 is 14.2 Å². The van der Waals surface area contributed by atoms with Crippen LogP contribution in [0.25, 0.3) is 0 Å². The van der Waals surface area contributed by atoms with Crippen molar-refractivity contribution in [2.75, 3.05) is 45.9 Å². The van der Waals surface area contributed by atoms with E-state index in [9.17, 15) is 0 Å². The molecule has 4 nitrogen and oxygen atoms in total. The lowest BCUT2D eigenvalue weighted by Gasteiger charge is -2.05. The first-order valence-corrected chi connectivity index (χ1v) is 6.32. The van der Waals surface area contributed by atoms with Gasteiger partial charge in [-0.15, -0.1) is 0 Å². The van der Waals surface area contributed by atoms with E-state index in [0.29, 0.717) is 13.2 Å². The molecule has 4 heteroatoms. The standard InChI is InChI=1S/C14H23NO3/c1-16-11-12-18-9-2-8-17-10-7-13-3-5-14(15)6-4-13/h3-6H,2,7-12,15H2,1H3. The SMILES string of the molecule is COCCOCCCOCCc1ccc(N)cc1. The van der Waals surface area contributed by atoms with Crippen molar-refractivity contribution in [1.29, 1.82) is 0 Å². The number of benzene rings is 1. The van der Waals surface area contributed by atoms with Crippen LogP contribution in [0, 0.1) is 0 Å². The summed E-state index contributed by atoms with van der Waals surface area (Å²) in [6.07, 6.45) is 1.84. The average Bonchev–Trinajstić information content (AvgIpc) is 2.39. The summed E-state index contributed by atoms with van der Waals surface area (Å²) >= 11 is 0. The quantitative estimate of drug-likeness (QED) is 0.511. The number of methoxy groups -OCH3 is 1. The van der Waals surface area contributed by atoms with E-state index in [1.165, 1.54) is 5.56 Å². The Balaban J connectivity index is 1.91. The Morgan fingerprint density at radius 2 is 1.56 bits per heavy atom. The molecular formula is C14H23NO3. The summed E-state index contributed by atoms with van der Waals surface area (Å²) < 4.78 is 15.7. The molecule has 0 bridgehead atoms. The summed E-state index contributed by atoms with van der Waals surface area (Å²) in [5.41, 5.74) is 7.67. The second-order valence-corrected chi connectivity index (χ2v) is 4.06. The van der Waals surface area contributed by atoms with Crippen LogP contribution in [0.1, 0.15) is 12.0 Å². The Kier molecular flexibility index (Phi) is 8.21. The van der Waals surface area contributed by atoms with Crippen LogP contribution in [0.2, 0.25) is 0 Å². The molecule has 1 rings (SSSR count). The molecule has 0 aromatic heterocycles. The molecule has 0 spiro atoms. The van der Waals surface area contributed by atoms with Gasteiger partial charge in [-0.1, -0.05) is 12.1 Å². The van der Waals surface area contributed by atoms with Crippen LogP contribution >= 0.6 is 0 Å². The van der Waals surface area contributed by atoms with Crippen molar-refractivity contribution in [3.63, 3.8) is 0 Å². The van der Waals surface area contributed by atoms with Crippen LogP contribution in [-0.2, 0) is 20.6 Å². The van der Waals surface area contributed by atoms with Gasteiger partial charge in [-0.3, -0.25) is 0 Å². The maximum Gasteiger partial charge on any atom is 0.0700 e. The van der Waals surface area contributed by atoms with Gasteiger partial charge in [0.1, 0.15) is 0 Å². The normalized spacial score (nSPS) is 10.7. The second kappa shape index (κ2) is 9.88. The third-order valence-corrected chi connectivity index (χ3v) is 2.52. The zero-order valence-corrected chi connectivity index (χ0v) is 11.1. The van der Waals surface area contributed by atoms with Gasteiger partial charge >= 0.3 is 0 Å². The highest BCUT2D eigenvalue weighted by molar-refractivity contribution is 5.39. The number of hydrogen-bond donors (Lipinski definition) is 1. The van der Waals surface area contributed by atoms with E-state index in [2.05, 4.69) is 0 Å². The first kappa shape index (κ1) is 15.0. The van der Waals surface area contributed by atoms with Crippen molar-refractivity contribution in [2.24, 2.45) is 0 Å². The Morgan fingerprint density at radius 3 is 2.22 bits per heavy atom. The molecule has 0 atom stereocenters. The summed E-state index contributed by atoms with van der Waals surface area (Å²) in [7, 11) is 1.67. The van der Waals surface area contributed by atoms with Crippen LogP contribution in [0.5, 0.6) is 0 Å². The fourth-order valence-electron chi connectivity index (χ4n) is 1.48. The average molecular weight is 253 g/mol. The Hall–Kier alpha value is -1.10. The zero-order chi connectivity index (χ0) is 13.1. The number of rotatable bonds is 10. The summed E-state index contributed by atoms with van der Waals surface area (Å²) in [5, 5.41) is 0. The van der Waals surface area contributed by atoms with Crippen molar-refractivity contribution in [2.45, 2.75) is 12.8 Å². The van der Waals surface area contributed by atoms with E-state index in [1.54, 1.807) is 7.11 Å². The third-order valence-electron chi connectivity index (χ3n) is 2.52. The van der Waals surface area contributed by atoms with Crippen LogP contribution in [-0.4, -0.2) is 40.1 Å². The molecule has 18 heavy (non-hydrogen) atoms. The van der Waals surface area contributed by atoms with E-state index >= 15 is 0 Å². The van der Waals surface area contributed by atoms with E-state index in [-0.39, 0.29) is 0 Å². The highest BCUT2D eigenvalue weighted by atomic mass is 16.5. The van der Waals surface area contributed by atoms with Gasteiger partial charge in [-0.2, -0.15) is 0 Å². The Morgan fingerprint density at radius 1 is 0.889 bits per heavy atom. The van der Waals surface area contributed by atoms with E-state index in [1.807, 2.05) is 24.3 Å². The van der Waals surface area contributed by atoms with E-state index < -0.39 is 0 Å². The van der Waals surface area contributed by atoms with E-state index in [0.717, 1.165) is 38.3 Å². The monoisotopic (exact) mass is 253 g/mol. The van der Waals surface area contributed by atoms with Gasteiger partial charge < -0.3 is 19.9 Å². The minimum Gasteiger partial charge on any atom is -0.399 e. The topological polar surface area (TPSA) is 53.7 Å². The Labute approximate surface area is 109 Å². The molecule has 1 aromatic carbocycles. The fourth-order valence-corrected chi connectivity index (χ4v) is 1.48. The van der Waals surface area contributed by atoms with Gasteiger partial charge in [0.25, 0.3) is 0 Å². The molecule has 0 heterocycles. The van der Waals surface area contributed by atoms with Crippen molar-refractivity contribution >= 4 is 5.69 Å². The van der Waals surface area contributed by atoms with Crippen LogP contribution < -0.4 is 5.73 Å². The summed E-state index contributed by atoms with van der Waals surface area (Å²) in [6.45, 7) is 3.51. The number of hydrogen-bond acceptors (Lipinski definition) is 4. The molecule has 1 aromatic rings. The first-order valence-electron chi connectivity index (χ1n) is 6.32. The number of nitrogen functional groups attached to an aromatic ring is 1. The summed E-state index contributed by atoms with van der Waals surface area (Å²) in [6, 6.07) is 7.90. The van der Waals surface area contributed by atoms with Crippen LogP contribution in [0.4, 0.5) is 5.69 Å². The summed E-state index contributed by atoms with van der Waals surface area (Å²) in [5.74, 6) is 0. The zero-order valence-electron chi connectivity index (χ0n) is 11.1. The number of anilines is 1. The minimum absolute atomic E-state index is 0.651. The Bertz CT molecular complexity index is 300. The molecule has 0 amide bonds. The number of nitrogens with two attached hydrogens (primary N) is 1. The maximum atomic E-state index is 5.62. The van der Waals surface area contributed by atoms with Gasteiger partial charge in [-0.25, -0.2) is 0 Å². The fraction of sp³-hybridized carbons (Fsp3) is 0.571. The molecule has 0 radical (unpaired) electrons. The van der Waals surface area contributed by atoms with Gasteiger partial charge in [0.05, 0.1) is 19.8 Å². The molecule has 0 aliphatic carbocycles. The van der Waals surface area contributed by atoms with Crippen molar-refractivity contribution in [1.82, 2.24) is 0 Å². The highest BCUT2D eigenvalue weighted by Gasteiger charge is 1.94. The smallest absolute Gasteiger partial charge is 0.0700 e. The van der Waals surface area contributed by atoms with Crippen LogP contribution in [0.15, 0.2) is 24.3 Å². The predicted molar refractivity (Wildman–Crippen MR) is 72.7 cm³/mol. The molecule has 0 saturated heterocycles. The maximum absolute atomic E-state index is 5.62. The lowest BCUT2D eigenvalue weighted by Crippen LogP contribution is -2.06. The lowest BCUT2D eigenvalue weighted by atomic mass is 10.1. The van der Waals surface area contributed by atoms with Crippen molar-refractivity contribution in [3.8, 4) is 0 Å². The van der Waals surface area contributed by atoms with Crippen molar-refractivity contribution in [3.05, 3.63) is 29.8 Å². The number of ether oxygens (including phenoxy) is 3. The molecular weight excluding hydrogens is 230 g/mol. The molecule has 0 unspecified atom stereocenters. The van der Waals surface area contributed by atoms with Gasteiger partial charge in [-0.05, 0) is 30.5 Å². The van der Waals surface area contributed by atoms with Crippen LogP contribution in [0.3, 0.4) is 0 Å². The lowest BCUT2D eigenvalue weighted by molar-refractivity contribution is 0.0519. The second-order valence-electron chi connectivity index (χ2n) is 4.06. The molecule has 0 aliphatic heterocycles. The van der Waals surface area contributed by atoms with E-state index in [4.69, 9.17) is 19.9 Å². The molecule has 102 valence electrons. The summed E-state index contributed by atoms with van der Waals surface area (Å²) in [4.78, 5) is 0. The van der Waals surface area contributed by atoms with Gasteiger partial charge in [0, 0.05) is 26.0 Å². The largest absolute Gasteiger partial charge is 0.399 e. The highest BCUT2D eigenvalue weighted by Crippen LogP contribution is 2.06. The predicted octanol–water partition coefficient (Wildman–Crippen LogP) is 1.88. The van der Waals surface area contributed by atoms with Gasteiger partial charge in [0.2, 0.25) is 0 Å². The molecule has 0 saturated carbocycles. The van der Waals surface area contributed by atoms with Gasteiger partial charge in [0.15, 0.2) is 0 Å². The molecule has 2 N–H and O–H groups in total. The molecule has 0 fully saturated rings. The minimum atomic E-state index is 0.651. The first-order chi connectivity index (χ1) is 8.83.